The summed E-state index contributed by atoms with van der Waals surface area (Å²) in [7, 11) is 0. The SMILES string of the molecule is CCCCC=COC(=O)Cc1ccccc1. The normalized spacial score (nSPS) is 10.6. The first kappa shape index (κ1) is 12.5. The molecule has 0 aromatic heterocycles. The van der Waals surface area contributed by atoms with Gasteiger partial charge in [-0.25, -0.2) is 0 Å². The fourth-order valence-electron chi connectivity index (χ4n) is 1.32. The van der Waals surface area contributed by atoms with Gasteiger partial charge in [0, 0.05) is 0 Å². The Morgan fingerprint density at radius 2 is 2.06 bits per heavy atom. The van der Waals surface area contributed by atoms with Gasteiger partial charge in [-0.15, -0.1) is 0 Å². The van der Waals surface area contributed by atoms with Crippen molar-refractivity contribution in [3.63, 3.8) is 0 Å². The number of hydrogen-bond donors (Lipinski definition) is 0. The third kappa shape index (κ3) is 5.35. The summed E-state index contributed by atoms with van der Waals surface area (Å²) in [5.41, 5.74) is 0.981. The van der Waals surface area contributed by atoms with Gasteiger partial charge >= 0.3 is 5.97 Å². The Hall–Kier alpha value is -1.57. The van der Waals surface area contributed by atoms with Crippen molar-refractivity contribution in [3.05, 3.63) is 48.2 Å². The summed E-state index contributed by atoms with van der Waals surface area (Å²) < 4.78 is 4.97. The van der Waals surface area contributed by atoms with Crippen LogP contribution in [0.15, 0.2) is 42.7 Å². The molecule has 0 heterocycles. The van der Waals surface area contributed by atoms with Gasteiger partial charge in [0.15, 0.2) is 0 Å². The molecule has 0 unspecified atom stereocenters. The second-order valence-electron chi connectivity index (χ2n) is 3.67. The van der Waals surface area contributed by atoms with Crippen LogP contribution < -0.4 is 0 Å². The molecule has 0 aliphatic heterocycles. The summed E-state index contributed by atoms with van der Waals surface area (Å²) in [4.78, 5) is 11.4. The molecule has 1 aromatic rings. The van der Waals surface area contributed by atoms with Crippen molar-refractivity contribution in [2.75, 3.05) is 0 Å². The molecule has 86 valence electrons. The van der Waals surface area contributed by atoms with E-state index in [2.05, 4.69) is 6.92 Å². The Bertz CT molecular complexity index is 328. The highest BCUT2D eigenvalue weighted by Crippen LogP contribution is 2.01. The molecule has 0 fully saturated rings. The maximum Gasteiger partial charge on any atom is 0.315 e. The number of allylic oxidation sites excluding steroid dienone is 1. The number of carbonyl (C=O) groups excluding carboxylic acids is 1. The lowest BCUT2D eigenvalue weighted by atomic mass is 10.2. The zero-order chi connectivity index (χ0) is 11.6. The minimum Gasteiger partial charge on any atom is -0.435 e. The molecule has 0 radical (unpaired) electrons. The zero-order valence-electron chi connectivity index (χ0n) is 9.69. The predicted octanol–water partition coefficient (Wildman–Crippen LogP) is 3.48. The number of ether oxygens (including phenoxy) is 1. The summed E-state index contributed by atoms with van der Waals surface area (Å²) in [5.74, 6) is -0.209. The van der Waals surface area contributed by atoms with Crippen LogP contribution in [0.2, 0.25) is 0 Å². The smallest absolute Gasteiger partial charge is 0.315 e. The number of esters is 1. The van der Waals surface area contributed by atoms with E-state index in [4.69, 9.17) is 4.74 Å². The van der Waals surface area contributed by atoms with Gasteiger partial charge in [-0.05, 0) is 24.5 Å². The van der Waals surface area contributed by atoms with Gasteiger partial charge in [-0.2, -0.15) is 0 Å². The molecular formula is C14H18O2. The fourth-order valence-corrected chi connectivity index (χ4v) is 1.32. The minimum atomic E-state index is -0.209. The molecule has 0 atom stereocenters. The van der Waals surface area contributed by atoms with E-state index >= 15 is 0 Å². The summed E-state index contributed by atoms with van der Waals surface area (Å²) in [6, 6.07) is 9.60. The second kappa shape index (κ2) is 7.69. The van der Waals surface area contributed by atoms with Gasteiger partial charge in [0.05, 0.1) is 12.7 Å². The molecule has 0 saturated heterocycles. The molecule has 0 saturated carbocycles. The average molecular weight is 218 g/mol. The molecule has 0 spiro atoms. The van der Waals surface area contributed by atoms with E-state index < -0.39 is 0 Å². The Balaban J connectivity index is 2.24. The van der Waals surface area contributed by atoms with E-state index in [-0.39, 0.29) is 5.97 Å². The number of unbranched alkanes of at least 4 members (excludes halogenated alkanes) is 2. The summed E-state index contributed by atoms with van der Waals surface area (Å²) in [6.07, 6.45) is 6.98. The van der Waals surface area contributed by atoms with Gasteiger partial charge in [-0.1, -0.05) is 43.7 Å². The topological polar surface area (TPSA) is 26.3 Å². The van der Waals surface area contributed by atoms with E-state index in [0.29, 0.717) is 6.42 Å². The maximum absolute atomic E-state index is 11.4. The van der Waals surface area contributed by atoms with Gasteiger partial charge in [0.2, 0.25) is 0 Å². The highest BCUT2D eigenvalue weighted by Gasteiger charge is 2.01. The number of hydrogen-bond acceptors (Lipinski definition) is 2. The lowest BCUT2D eigenvalue weighted by Crippen LogP contribution is -2.03. The van der Waals surface area contributed by atoms with Crippen molar-refractivity contribution in [2.45, 2.75) is 32.6 Å². The molecule has 2 heteroatoms. The first-order chi connectivity index (χ1) is 7.83. The fraction of sp³-hybridized carbons (Fsp3) is 0.357. The van der Waals surface area contributed by atoms with Gasteiger partial charge in [0.25, 0.3) is 0 Å². The van der Waals surface area contributed by atoms with E-state index in [9.17, 15) is 4.79 Å². The van der Waals surface area contributed by atoms with Crippen molar-refractivity contribution in [3.8, 4) is 0 Å². The molecule has 2 nitrogen and oxygen atoms in total. The lowest BCUT2D eigenvalue weighted by molar-refractivity contribution is -0.137. The van der Waals surface area contributed by atoms with Crippen LogP contribution in [0.1, 0.15) is 31.7 Å². The largest absolute Gasteiger partial charge is 0.435 e. The zero-order valence-corrected chi connectivity index (χ0v) is 9.69. The van der Waals surface area contributed by atoms with E-state index in [0.717, 1.165) is 24.8 Å². The molecule has 1 aromatic carbocycles. The third-order valence-corrected chi connectivity index (χ3v) is 2.21. The van der Waals surface area contributed by atoms with Crippen LogP contribution in [0.25, 0.3) is 0 Å². The van der Waals surface area contributed by atoms with Gasteiger partial charge in [0.1, 0.15) is 0 Å². The van der Waals surface area contributed by atoms with Crippen LogP contribution in [-0.4, -0.2) is 5.97 Å². The summed E-state index contributed by atoms with van der Waals surface area (Å²) in [6.45, 7) is 2.13. The molecule has 1 rings (SSSR count). The lowest BCUT2D eigenvalue weighted by Gasteiger charge is -1.99. The molecular weight excluding hydrogens is 200 g/mol. The number of benzene rings is 1. The predicted molar refractivity (Wildman–Crippen MR) is 64.9 cm³/mol. The summed E-state index contributed by atoms with van der Waals surface area (Å²) in [5, 5.41) is 0. The van der Waals surface area contributed by atoms with E-state index in [1.165, 1.54) is 6.26 Å². The van der Waals surface area contributed by atoms with E-state index in [1.54, 1.807) is 0 Å². The molecule has 0 bridgehead atoms. The highest BCUT2D eigenvalue weighted by molar-refractivity contribution is 5.73. The van der Waals surface area contributed by atoms with Crippen molar-refractivity contribution in [2.24, 2.45) is 0 Å². The monoisotopic (exact) mass is 218 g/mol. The molecule has 0 N–H and O–H groups in total. The van der Waals surface area contributed by atoms with Gasteiger partial charge < -0.3 is 4.74 Å². The van der Waals surface area contributed by atoms with E-state index in [1.807, 2.05) is 36.4 Å². The van der Waals surface area contributed by atoms with Crippen LogP contribution in [0, 0.1) is 0 Å². The Labute approximate surface area is 96.9 Å². The quantitative estimate of drug-likeness (QED) is 0.415. The van der Waals surface area contributed by atoms with Crippen molar-refractivity contribution < 1.29 is 9.53 Å². The molecule has 0 amide bonds. The Morgan fingerprint density at radius 3 is 2.75 bits per heavy atom. The van der Waals surface area contributed by atoms with Crippen LogP contribution >= 0.6 is 0 Å². The Morgan fingerprint density at radius 1 is 1.31 bits per heavy atom. The van der Waals surface area contributed by atoms with Crippen LogP contribution in [0.3, 0.4) is 0 Å². The first-order valence-corrected chi connectivity index (χ1v) is 5.71. The van der Waals surface area contributed by atoms with Gasteiger partial charge in [-0.3, -0.25) is 4.79 Å². The van der Waals surface area contributed by atoms with Crippen LogP contribution in [-0.2, 0) is 16.0 Å². The molecule has 0 aliphatic rings. The first-order valence-electron chi connectivity index (χ1n) is 5.71. The number of rotatable bonds is 6. The second-order valence-corrected chi connectivity index (χ2v) is 3.67. The van der Waals surface area contributed by atoms with Crippen LogP contribution in [0.5, 0.6) is 0 Å². The Kier molecular flexibility index (Phi) is 6.00. The van der Waals surface area contributed by atoms with Crippen LogP contribution in [0.4, 0.5) is 0 Å². The minimum absolute atomic E-state index is 0.209. The van der Waals surface area contributed by atoms with Crippen molar-refractivity contribution in [1.82, 2.24) is 0 Å². The summed E-state index contributed by atoms with van der Waals surface area (Å²) >= 11 is 0. The molecule has 0 aliphatic carbocycles. The van der Waals surface area contributed by atoms with Crippen molar-refractivity contribution >= 4 is 5.97 Å². The maximum atomic E-state index is 11.4. The highest BCUT2D eigenvalue weighted by atomic mass is 16.5. The average Bonchev–Trinajstić information content (AvgIpc) is 2.30. The third-order valence-electron chi connectivity index (χ3n) is 2.21. The standard InChI is InChI=1S/C14H18O2/c1-2-3-4-8-11-16-14(15)12-13-9-6-5-7-10-13/h5-11H,2-4,12H2,1H3. The number of carbonyl (C=O) groups is 1. The molecule has 16 heavy (non-hydrogen) atoms. The van der Waals surface area contributed by atoms with Crippen molar-refractivity contribution in [1.29, 1.82) is 0 Å².